The Kier molecular flexibility index (Phi) is 3.62. The van der Waals surface area contributed by atoms with E-state index in [0.717, 1.165) is 4.90 Å². The topological polar surface area (TPSA) is 63.7 Å². The van der Waals surface area contributed by atoms with E-state index in [1.807, 2.05) is 0 Å². The van der Waals surface area contributed by atoms with Crippen LogP contribution in [0.15, 0.2) is 24.3 Å². The molecule has 0 spiro atoms. The molecule has 96 valence electrons. The lowest BCUT2D eigenvalue weighted by molar-refractivity contribution is -0.121. The Morgan fingerprint density at radius 3 is 2.32 bits per heavy atom. The highest BCUT2D eigenvalue weighted by Crippen LogP contribution is 2.22. The fourth-order valence-electron chi connectivity index (χ4n) is 1.80. The number of anilines is 1. The van der Waals surface area contributed by atoms with Gasteiger partial charge in [0.25, 0.3) is 0 Å². The maximum Gasteiger partial charge on any atom is 0.339 e. The Balaban J connectivity index is 2.15. The highest BCUT2D eigenvalue weighted by Gasteiger charge is 2.30. The molecule has 1 saturated heterocycles. The summed E-state index contributed by atoms with van der Waals surface area (Å²) in [5.74, 6) is 1.20. The maximum atomic E-state index is 11.5. The van der Waals surface area contributed by atoms with Crippen molar-refractivity contribution in [2.75, 3.05) is 11.5 Å². The number of amides is 2. The molecule has 2 amide bonds. The summed E-state index contributed by atoms with van der Waals surface area (Å²) in [5.41, 5.74) is 0.777. The molecule has 0 N–H and O–H groups in total. The van der Waals surface area contributed by atoms with Gasteiger partial charge in [0.1, 0.15) is 0 Å². The monoisotopic (exact) mass is 257 g/mol. The second kappa shape index (κ2) is 5.36. The van der Waals surface area contributed by atoms with Crippen LogP contribution in [-0.4, -0.2) is 24.4 Å². The first-order valence-electron chi connectivity index (χ1n) is 5.70. The van der Waals surface area contributed by atoms with Gasteiger partial charge in [-0.1, -0.05) is 5.92 Å². The molecule has 19 heavy (non-hydrogen) atoms. The van der Waals surface area contributed by atoms with Gasteiger partial charge in [-0.25, -0.2) is 4.79 Å². The molecule has 1 heterocycles. The molecule has 1 aliphatic rings. The largest absolute Gasteiger partial charge is 0.449 e. The summed E-state index contributed by atoms with van der Waals surface area (Å²) in [6.45, 7) is -0.0936. The minimum Gasteiger partial charge on any atom is -0.449 e. The summed E-state index contributed by atoms with van der Waals surface area (Å²) in [6, 6.07) is 6.06. The normalized spacial score (nSPS) is 14.4. The van der Waals surface area contributed by atoms with Gasteiger partial charge in [-0.3, -0.25) is 14.5 Å². The van der Waals surface area contributed by atoms with Crippen molar-refractivity contribution in [3.05, 3.63) is 29.8 Å². The van der Waals surface area contributed by atoms with Gasteiger partial charge in [0.15, 0.2) is 6.61 Å². The number of benzene rings is 1. The molecule has 2 rings (SSSR count). The summed E-state index contributed by atoms with van der Waals surface area (Å²) < 4.78 is 4.76. The number of hydrogen-bond acceptors (Lipinski definition) is 4. The van der Waals surface area contributed by atoms with Crippen molar-refractivity contribution in [3.63, 3.8) is 0 Å². The molecule has 0 atom stereocenters. The number of carbonyl (C=O) groups excluding carboxylic acids is 3. The standard InChI is InChI=1S/C14H11NO4/c1-2-9-19-14(18)10-3-5-11(6-4-10)15-12(16)7-8-13(15)17/h1,3-6H,7-9H2. The van der Waals surface area contributed by atoms with Crippen molar-refractivity contribution >= 4 is 23.5 Å². The minimum absolute atomic E-state index is 0.0936. The van der Waals surface area contributed by atoms with E-state index in [9.17, 15) is 14.4 Å². The maximum absolute atomic E-state index is 11.5. The second-order valence-corrected chi connectivity index (χ2v) is 3.95. The zero-order valence-corrected chi connectivity index (χ0v) is 10.1. The number of nitrogens with zero attached hydrogens (tertiary/aromatic N) is 1. The number of terminal acetylenes is 1. The van der Waals surface area contributed by atoms with Crippen LogP contribution in [0.5, 0.6) is 0 Å². The molecular weight excluding hydrogens is 246 g/mol. The second-order valence-electron chi connectivity index (χ2n) is 3.95. The molecule has 5 nitrogen and oxygen atoms in total. The third-order valence-corrected chi connectivity index (χ3v) is 2.70. The molecule has 1 aliphatic heterocycles. The first kappa shape index (κ1) is 12.8. The van der Waals surface area contributed by atoms with Crippen molar-refractivity contribution in [1.82, 2.24) is 0 Å². The van der Waals surface area contributed by atoms with Crippen LogP contribution in [0.2, 0.25) is 0 Å². The number of hydrogen-bond donors (Lipinski definition) is 0. The lowest BCUT2D eigenvalue weighted by atomic mass is 10.2. The van der Waals surface area contributed by atoms with Crippen molar-refractivity contribution in [3.8, 4) is 12.3 Å². The summed E-state index contributed by atoms with van der Waals surface area (Å²) in [7, 11) is 0. The zero-order chi connectivity index (χ0) is 13.8. The fourth-order valence-corrected chi connectivity index (χ4v) is 1.80. The molecule has 1 fully saturated rings. The Hall–Kier alpha value is -2.61. The molecule has 0 unspecified atom stereocenters. The third-order valence-electron chi connectivity index (χ3n) is 2.70. The predicted octanol–water partition coefficient (Wildman–Crippen LogP) is 1.13. The van der Waals surface area contributed by atoms with Crippen LogP contribution in [0.1, 0.15) is 23.2 Å². The Labute approximate surface area is 110 Å². The lowest BCUT2D eigenvalue weighted by Crippen LogP contribution is -2.28. The van der Waals surface area contributed by atoms with Gasteiger partial charge in [-0.2, -0.15) is 0 Å². The van der Waals surface area contributed by atoms with E-state index in [-0.39, 0.29) is 31.3 Å². The van der Waals surface area contributed by atoms with Crippen molar-refractivity contribution in [2.24, 2.45) is 0 Å². The Morgan fingerprint density at radius 2 is 1.79 bits per heavy atom. The SMILES string of the molecule is C#CCOC(=O)c1ccc(N2C(=O)CCC2=O)cc1. The van der Waals surface area contributed by atoms with Gasteiger partial charge >= 0.3 is 5.97 Å². The van der Waals surface area contributed by atoms with Crippen LogP contribution in [-0.2, 0) is 14.3 Å². The summed E-state index contributed by atoms with van der Waals surface area (Å²) in [6.07, 6.45) is 5.44. The first-order valence-corrected chi connectivity index (χ1v) is 5.70. The molecule has 0 aromatic heterocycles. The smallest absolute Gasteiger partial charge is 0.339 e. The summed E-state index contributed by atoms with van der Waals surface area (Å²) >= 11 is 0. The van der Waals surface area contributed by atoms with E-state index < -0.39 is 5.97 Å². The van der Waals surface area contributed by atoms with Gasteiger partial charge in [0, 0.05) is 12.8 Å². The quantitative estimate of drug-likeness (QED) is 0.462. The van der Waals surface area contributed by atoms with Crippen LogP contribution in [0, 0.1) is 12.3 Å². The average Bonchev–Trinajstić information content (AvgIpc) is 2.76. The summed E-state index contributed by atoms with van der Waals surface area (Å²) in [5, 5.41) is 0. The zero-order valence-electron chi connectivity index (χ0n) is 10.1. The molecule has 5 heteroatoms. The van der Waals surface area contributed by atoms with Crippen molar-refractivity contribution in [1.29, 1.82) is 0 Å². The van der Waals surface area contributed by atoms with Gasteiger partial charge in [0.2, 0.25) is 11.8 Å². The number of imide groups is 1. The van der Waals surface area contributed by atoms with Crippen LogP contribution < -0.4 is 4.90 Å². The van der Waals surface area contributed by atoms with Gasteiger partial charge in [0.05, 0.1) is 11.3 Å². The number of rotatable bonds is 3. The van der Waals surface area contributed by atoms with Crippen LogP contribution in [0.25, 0.3) is 0 Å². The third kappa shape index (κ3) is 2.63. The number of esters is 1. The van der Waals surface area contributed by atoms with Crippen LogP contribution in [0.4, 0.5) is 5.69 Å². The highest BCUT2D eigenvalue weighted by molar-refractivity contribution is 6.19. The highest BCUT2D eigenvalue weighted by atomic mass is 16.5. The molecule has 0 aliphatic carbocycles. The van der Waals surface area contributed by atoms with E-state index in [4.69, 9.17) is 11.2 Å². The molecule has 0 saturated carbocycles. The van der Waals surface area contributed by atoms with Gasteiger partial charge in [-0.05, 0) is 24.3 Å². The first-order chi connectivity index (χ1) is 9.13. The van der Waals surface area contributed by atoms with E-state index in [2.05, 4.69) is 5.92 Å². The fraction of sp³-hybridized carbons (Fsp3) is 0.214. The molecule has 0 bridgehead atoms. The Bertz CT molecular complexity index is 552. The predicted molar refractivity (Wildman–Crippen MR) is 67.3 cm³/mol. The van der Waals surface area contributed by atoms with E-state index in [1.165, 1.54) is 24.3 Å². The number of carbonyl (C=O) groups is 3. The van der Waals surface area contributed by atoms with Crippen molar-refractivity contribution < 1.29 is 19.1 Å². The average molecular weight is 257 g/mol. The summed E-state index contributed by atoms with van der Waals surface area (Å²) in [4.78, 5) is 35.7. The van der Waals surface area contributed by atoms with Gasteiger partial charge < -0.3 is 4.74 Å². The van der Waals surface area contributed by atoms with Crippen LogP contribution in [0.3, 0.4) is 0 Å². The van der Waals surface area contributed by atoms with E-state index in [0.29, 0.717) is 11.3 Å². The molecule has 1 aromatic carbocycles. The minimum atomic E-state index is -0.538. The van der Waals surface area contributed by atoms with E-state index in [1.54, 1.807) is 0 Å². The van der Waals surface area contributed by atoms with Crippen molar-refractivity contribution in [2.45, 2.75) is 12.8 Å². The van der Waals surface area contributed by atoms with Crippen LogP contribution >= 0.6 is 0 Å². The van der Waals surface area contributed by atoms with E-state index >= 15 is 0 Å². The molecule has 0 radical (unpaired) electrons. The lowest BCUT2D eigenvalue weighted by Gasteiger charge is -2.13. The Morgan fingerprint density at radius 1 is 1.21 bits per heavy atom. The molecule has 1 aromatic rings. The molecular formula is C14H11NO4. The number of ether oxygens (including phenoxy) is 1. The van der Waals surface area contributed by atoms with Gasteiger partial charge in [-0.15, -0.1) is 6.42 Å².